The second-order valence-electron chi connectivity index (χ2n) is 8.09. The zero-order chi connectivity index (χ0) is 25.0. The molecule has 2 amide bonds. The summed E-state index contributed by atoms with van der Waals surface area (Å²) in [6, 6.07) is 15.8. The Morgan fingerprint density at radius 3 is 2.43 bits per heavy atom. The van der Waals surface area contributed by atoms with E-state index in [1.165, 1.54) is 23.1 Å². The fourth-order valence-corrected chi connectivity index (χ4v) is 5.55. The number of nitrogens with zero attached hydrogens (tertiary/aromatic N) is 2. The largest absolute Gasteiger partial charge is 0.611 e. The molecule has 3 aromatic rings. The van der Waals surface area contributed by atoms with E-state index in [1.807, 2.05) is 30.3 Å². The number of benzene rings is 2. The molecule has 7 nitrogen and oxygen atoms in total. The number of carbonyl (C=O) groups is 2. The normalized spacial score (nSPS) is 15.6. The molecule has 4 rings (SSSR count). The van der Waals surface area contributed by atoms with Gasteiger partial charge in [-0.1, -0.05) is 42.5 Å². The third kappa shape index (κ3) is 5.85. The number of likely N-dealkylation sites (tertiary alicyclic amines) is 1. The Morgan fingerprint density at radius 2 is 1.74 bits per heavy atom. The first kappa shape index (κ1) is 24.8. The van der Waals surface area contributed by atoms with Crippen LogP contribution in [0.15, 0.2) is 65.6 Å². The standard InChI is InChI=1S/C24H23F3N4O3S/c25-24(26,27)18-8-4-5-9-21(18)35(34)17-10-12-31(13-11-17)22(32)15-28-23(33)20-14-19(29-30-20)16-6-2-1-3-7-16/h1-9,14,17H,10-13,15H2,(H,28,33)(H,29,30). The van der Waals surface area contributed by atoms with Crippen LogP contribution in [0, 0.1) is 0 Å². The molecule has 1 aliphatic heterocycles. The number of carbonyl (C=O) groups excluding carboxylic acids is 2. The lowest BCUT2D eigenvalue weighted by atomic mass is 10.1. The molecule has 2 N–H and O–H groups in total. The number of piperidine rings is 1. The molecule has 0 saturated carbocycles. The van der Waals surface area contributed by atoms with E-state index in [0.29, 0.717) is 18.5 Å². The van der Waals surface area contributed by atoms with Gasteiger partial charge in [0.2, 0.25) is 5.91 Å². The van der Waals surface area contributed by atoms with Crippen LogP contribution in [-0.2, 0) is 22.1 Å². The van der Waals surface area contributed by atoms with Gasteiger partial charge in [0.1, 0.15) is 10.8 Å². The molecule has 1 aromatic heterocycles. The van der Waals surface area contributed by atoms with E-state index in [0.717, 1.165) is 11.6 Å². The first-order chi connectivity index (χ1) is 16.7. The second kappa shape index (κ2) is 10.5. The third-order valence-electron chi connectivity index (χ3n) is 5.80. The van der Waals surface area contributed by atoms with Crippen LogP contribution in [0.5, 0.6) is 0 Å². The molecule has 1 atom stereocenters. The minimum Gasteiger partial charge on any atom is -0.611 e. The van der Waals surface area contributed by atoms with Crippen molar-refractivity contribution in [2.45, 2.75) is 29.2 Å². The van der Waals surface area contributed by atoms with E-state index in [4.69, 9.17) is 0 Å². The van der Waals surface area contributed by atoms with E-state index >= 15 is 0 Å². The molecule has 184 valence electrons. The number of H-pyrrole nitrogens is 1. The first-order valence-electron chi connectivity index (χ1n) is 11.0. The lowest BCUT2D eigenvalue weighted by Crippen LogP contribution is -2.46. The number of aromatic nitrogens is 2. The van der Waals surface area contributed by atoms with Crippen LogP contribution in [0.1, 0.15) is 28.9 Å². The molecular weight excluding hydrogens is 481 g/mol. The van der Waals surface area contributed by atoms with Gasteiger partial charge in [-0.3, -0.25) is 14.7 Å². The maximum Gasteiger partial charge on any atom is 0.421 e. The predicted octanol–water partition coefficient (Wildman–Crippen LogP) is 3.62. The van der Waals surface area contributed by atoms with Crippen molar-refractivity contribution >= 4 is 23.0 Å². The minimum absolute atomic E-state index is 0.147. The number of nitrogens with one attached hydrogen (secondary N) is 2. The van der Waals surface area contributed by atoms with E-state index in [9.17, 15) is 27.3 Å². The summed E-state index contributed by atoms with van der Waals surface area (Å²) in [4.78, 5) is 26.2. The number of rotatable bonds is 6. The summed E-state index contributed by atoms with van der Waals surface area (Å²) in [5.74, 6) is -0.825. The molecule has 35 heavy (non-hydrogen) atoms. The molecule has 0 spiro atoms. The van der Waals surface area contributed by atoms with Crippen LogP contribution in [-0.4, -0.2) is 56.3 Å². The molecule has 2 heterocycles. The fraction of sp³-hybridized carbons (Fsp3) is 0.292. The van der Waals surface area contributed by atoms with Crippen molar-refractivity contribution in [1.29, 1.82) is 0 Å². The molecule has 0 aliphatic carbocycles. The topological polar surface area (TPSA) is 101 Å². The van der Waals surface area contributed by atoms with Gasteiger partial charge >= 0.3 is 6.18 Å². The van der Waals surface area contributed by atoms with Crippen LogP contribution in [0.2, 0.25) is 0 Å². The highest BCUT2D eigenvalue weighted by Gasteiger charge is 2.40. The Hall–Kier alpha value is -3.31. The van der Waals surface area contributed by atoms with Crippen molar-refractivity contribution < 1.29 is 27.3 Å². The molecule has 1 aliphatic rings. The van der Waals surface area contributed by atoms with Crippen LogP contribution >= 0.6 is 0 Å². The molecule has 1 fully saturated rings. The van der Waals surface area contributed by atoms with Crippen molar-refractivity contribution in [3.63, 3.8) is 0 Å². The zero-order valence-corrected chi connectivity index (χ0v) is 19.4. The Balaban J connectivity index is 1.28. The van der Waals surface area contributed by atoms with Crippen molar-refractivity contribution in [1.82, 2.24) is 20.4 Å². The summed E-state index contributed by atoms with van der Waals surface area (Å²) in [5.41, 5.74) is 0.792. The minimum atomic E-state index is -4.59. The Morgan fingerprint density at radius 1 is 1.09 bits per heavy atom. The van der Waals surface area contributed by atoms with Crippen molar-refractivity contribution in [3.05, 3.63) is 71.9 Å². The van der Waals surface area contributed by atoms with Crippen LogP contribution in [0.25, 0.3) is 11.3 Å². The lowest BCUT2D eigenvalue weighted by Gasteiger charge is -2.33. The van der Waals surface area contributed by atoms with E-state index < -0.39 is 34.1 Å². The van der Waals surface area contributed by atoms with Crippen molar-refractivity contribution in [2.24, 2.45) is 0 Å². The van der Waals surface area contributed by atoms with Gasteiger partial charge in [0.25, 0.3) is 5.91 Å². The molecule has 0 radical (unpaired) electrons. The number of halogens is 3. The number of alkyl halides is 3. The summed E-state index contributed by atoms with van der Waals surface area (Å²) in [6.07, 6.45) is -3.98. The van der Waals surface area contributed by atoms with E-state index in [2.05, 4.69) is 15.5 Å². The number of amides is 2. The van der Waals surface area contributed by atoms with Crippen LogP contribution in [0.4, 0.5) is 13.2 Å². The Labute approximate surface area is 202 Å². The monoisotopic (exact) mass is 504 g/mol. The van der Waals surface area contributed by atoms with Crippen molar-refractivity contribution in [3.8, 4) is 11.3 Å². The summed E-state index contributed by atoms with van der Waals surface area (Å²) in [6.45, 7) is 0.261. The smallest absolute Gasteiger partial charge is 0.421 e. The Bertz CT molecular complexity index is 1180. The lowest BCUT2D eigenvalue weighted by molar-refractivity contribution is -0.139. The van der Waals surface area contributed by atoms with E-state index in [-0.39, 0.29) is 36.1 Å². The third-order valence-corrected chi connectivity index (χ3v) is 7.67. The second-order valence-corrected chi connectivity index (χ2v) is 9.79. The highest BCUT2D eigenvalue weighted by Crippen LogP contribution is 2.36. The maximum atomic E-state index is 13.3. The molecule has 0 bridgehead atoms. The van der Waals surface area contributed by atoms with Crippen molar-refractivity contribution in [2.75, 3.05) is 19.6 Å². The molecule has 2 aromatic carbocycles. The molecule has 11 heteroatoms. The van der Waals surface area contributed by atoms with Gasteiger partial charge in [-0.25, -0.2) is 0 Å². The average molecular weight is 505 g/mol. The average Bonchev–Trinajstić information content (AvgIpc) is 3.37. The zero-order valence-electron chi connectivity index (χ0n) is 18.5. The molecule has 1 unspecified atom stereocenters. The van der Waals surface area contributed by atoms with Gasteiger partial charge in [0, 0.05) is 25.9 Å². The fourth-order valence-electron chi connectivity index (χ4n) is 3.94. The van der Waals surface area contributed by atoms with E-state index in [1.54, 1.807) is 6.07 Å². The summed E-state index contributed by atoms with van der Waals surface area (Å²) < 4.78 is 52.7. The quantitative estimate of drug-likeness (QED) is 0.501. The number of hydrogen-bond donors (Lipinski definition) is 2. The van der Waals surface area contributed by atoms with Crippen LogP contribution < -0.4 is 5.32 Å². The Kier molecular flexibility index (Phi) is 7.46. The first-order valence-corrected chi connectivity index (χ1v) is 12.2. The van der Waals surface area contributed by atoms with Gasteiger partial charge in [-0.05, 0) is 34.9 Å². The highest BCUT2D eigenvalue weighted by molar-refractivity contribution is 7.92. The van der Waals surface area contributed by atoms with Gasteiger partial charge in [-0.15, -0.1) is 0 Å². The molecule has 1 saturated heterocycles. The summed E-state index contributed by atoms with van der Waals surface area (Å²) >= 11 is -1.85. The van der Waals surface area contributed by atoms with Gasteiger partial charge in [-0.2, -0.15) is 18.3 Å². The number of hydrogen-bond acceptors (Lipinski definition) is 4. The van der Waals surface area contributed by atoms with Gasteiger partial charge in [0.05, 0.1) is 12.2 Å². The highest BCUT2D eigenvalue weighted by atomic mass is 32.2. The molecular formula is C24H23F3N4O3S. The maximum absolute atomic E-state index is 13.3. The summed E-state index contributed by atoms with van der Waals surface area (Å²) in [5, 5.41) is 8.84. The summed E-state index contributed by atoms with van der Waals surface area (Å²) in [7, 11) is 0. The van der Waals surface area contributed by atoms with Gasteiger partial charge < -0.3 is 14.8 Å². The van der Waals surface area contributed by atoms with Crippen LogP contribution in [0.3, 0.4) is 0 Å². The number of aromatic amines is 1. The van der Waals surface area contributed by atoms with Gasteiger partial charge in [0.15, 0.2) is 10.6 Å². The predicted molar refractivity (Wildman–Crippen MR) is 124 cm³/mol. The SMILES string of the molecule is O=C(NCC(=O)N1CCC([S+]([O-])c2ccccc2C(F)(F)F)CC1)c1cc(-c2ccccc2)[nH]n1.